The van der Waals surface area contributed by atoms with Gasteiger partial charge in [-0.25, -0.2) is 9.18 Å². The fraction of sp³-hybridized carbons (Fsp3) is 0.333. The van der Waals surface area contributed by atoms with E-state index in [1.165, 1.54) is 12.1 Å². The molecule has 0 aliphatic carbocycles. The summed E-state index contributed by atoms with van der Waals surface area (Å²) in [7, 11) is 0. The summed E-state index contributed by atoms with van der Waals surface area (Å²) in [6.07, 6.45) is 0.199. The second-order valence-corrected chi connectivity index (χ2v) is 3.94. The van der Waals surface area contributed by atoms with Crippen molar-refractivity contribution in [2.75, 3.05) is 19.0 Å². The molecule has 0 atom stereocenters. The Balaban J connectivity index is 2.41. The fourth-order valence-corrected chi connectivity index (χ4v) is 1.40. The van der Waals surface area contributed by atoms with Gasteiger partial charge in [-0.1, -0.05) is 0 Å². The summed E-state index contributed by atoms with van der Waals surface area (Å²) in [5.74, 6) is -2.09. The van der Waals surface area contributed by atoms with E-state index in [1.807, 2.05) is 0 Å². The molecular formula is C12H13FO5S. The molecule has 5 nitrogen and oxygen atoms in total. The average Bonchev–Trinajstić information content (AvgIpc) is 2.36. The molecule has 0 aliphatic rings. The Kier molecular flexibility index (Phi) is 6.14. The van der Waals surface area contributed by atoms with E-state index in [9.17, 15) is 14.0 Å². The van der Waals surface area contributed by atoms with Crippen LogP contribution in [0.1, 0.15) is 16.8 Å². The second kappa shape index (κ2) is 7.63. The minimum Gasteiger partial charge on any atom is -0.487 e. The Bertz CT molecular complexity index is 463. The first kappa shape index (κ1) is 15.3. The summed E-state index contributed by atoms with van der Waals surface area (Å²) in [6, 6.07) is 3.31. The van der Waals surface area contributed by atoms with Gasteiger partial charge in [-0.2, -0.15) is 12.6 Å². The summed E-state index contributed by atoms with van der Waals surface area (Å²) in [5.41, 5.74) is -0.162. The van der Waals surface area contributed by atoms with Crippen molar-refractivity contribution in [3.8, 4) is 5.75 Å². The summed E-state index contributed by atoms with van der Waals surface area (Å²) < 4.78 is 23.2. The molecule has 0 spiro atoms. The van der Waals surface area contributed by atoms with Gasteiger partial charge in [-0.3, -0.25) is 4.79 Å². The Morgan fingerprint density at radius 1 is 1.32 bits per heavy atom. The molecular weight excluding hydrogens is 275 g/mol. The van der Waals surface area contributed by atoms with Gasteiger partial charge in [-0.15, -0.1) is 0 Å². The normalized spacial score (nSPS) is 10.0. The largest absolute Gasteiger partial charge is 0.487 e. The lowest BCUT2D eigenvalue weighted by atomic mass is 10.2. The monoisotopic (exact) mass is 288 g/mol. The number of halogens is 1. The first-order chi connectivity index (χ1) is 9.04. The van der Waals surface area contributed by atoms with Gasteiger partial charge in [0, 0.05) is 5.75 Å². The number of carboxylic acids is 1. The number of carbonyl (C=O) groups is 2. The number of carbonyl (C=O) groups excluding carboxylic acids is 1. The number of carboxylic acid groups (broad SMARTS) is 1. The Morgan fingerprint density at radius 3 is 2.63 bits per heavy atom. The average molecular weight is 288 g/mol. The molecule has 0 unspecified atom stereocenters. The molecule has 0 saturated heterocycles. The van der Waals surface area contributed by atoms with Crippen LogP contribution in [-0.4, -0.2) is 36.0 Å². The first-order valence-corrected chi connectivity index (χ1v) is 6.10. The number of hydrogen-bond donors (Lipinski definition) is 2. The Hall–Kier alpha value is -1.76. The van der Waals surface area contributed by atoms with E-state index in [-0.39, 0.29) is 30.9 Å². The third kappa shape index (κ3) is 5.17. The maximum Gasteiger partial charge on any atom is 0.335 e. The molecule has 0 aliphatic heterocycles. The van der Waals surface area contributed by atoms with Crippen LogP contribution in [0.25, 0.3) is 0 Å². The van der Waals surface area contributed by atoms with E-state index in [1.54, 1.807) is 0 Å². The molecule has 0 bridgehead atoms. The van der Waals surface area contributed by atoms with Crippen molar-refractivity contribution in [2.24, 2.45) is 0 Å². The van der Waals surface area contributed by atoms with Crippen LogP contribution < -0.4 is 4.74 Å². The highest BCUT2D eigenvalue weighted by molar-refractivity contribution is 7.80. The number of ether oxygens (including phenoxy) is 2. The predicted octanol–water partition coefficient (Wildman–Crippen LogP) is 1.77. The summed E-state index contributed by atoms with van der Waals surface area (Å²) in [5, 5.41) is 8.65. The number of benzene rings is 1. The molecule has 19 heavy (non-hydrogen) atoms. The predicted molar refractivity (Wildman–Crippen MR) is 68.3 cm³/mol. The highest BCUT2D eigenvalue weighted by atomic mass is 32.1. The standard InChI is InChI=1S/C12H13FO5S/c13-9-7-8(12(15)16)1-2-10(9)17-4-5-18-11(14)3-6-19/h1-2,7,19H,3-6H2,(H,15,16). The van der Waals surface area contributed by atoms with Gasteiger partial charge in [0.05, 0.1) is 12.0 Å². The SMILES string of the molecule is O=C(CCS)OCCOc1ccc(C(=O)O)cc1F. The van der Waals surface area contributed by atoms with E-state index in [4.69, 9.17) is 14.6 Å². The van der Waals surface area contributed by atoms with Crippen molar-refractivity contribution < 1.29 is 28.6 Å². The zero-order chi connectivity index (χ0) is 14.3. The molecule has 1 aromatic carbocycles. The van der Waals surface area contributed by atoms with Crippen molar-refractivity contribution in [2.45, 2.75) is 6.42 Å². The lowest BCUT2D eigenvalue weighted by molar-refractivity contribution is -0.143. The molecule has 7 heteroatoms. The van der Waals surface area contributed by atoms with Gasteiger partial charge in [0.25, 0.3) is 0 Å². The van der Waals surface area contributed by atoms with Crippen molar-refractivity contribution in [1.82, 2.24) is 0 Å². The molecule has 0 heterocycles. The summed E-state index contributed by atoms with van der Waals surface area (Å²) >= 11 is 3.87. The van der Waals surface area contributed by atoms with Gasteiger partial charge in [-0.05, 0) is 18.2 Å². The number of rotatable bonds is 7. The minimum atomic E-state index is -1.22. The lowest BCUT2D eigenvalue weighted by Crippen LogP contribution is -2.13. The van der Waals surface area contributed by atoms with E-state index < -0.39 is 17.8 Å². The fourth-order valence-electron chi connectivity index (χ4n) is 1.22. The van der Waals surface area contributed by atoms with Crippen LogP contribution in [0, 0.1) is 5.82 Å². The zero-order valence-corrected chi connectivity index (χ0v) is 10.9. The van der Waals surface area contributed by atoms with E-state index in [2.05, 4.69) is 12.6 Å². The lowest BCUT2D eigenvalue weighted by Gasteiger charge is -2.08. The molecule has 0 saturated carbocycles. The van der Waals surface area contributed by atoms with Crippen molar-refractivity contribution in [3.63, 3.8) is 0 Å². The van der Waals surface area contributed by atoms with Gasteiger partial charge in [0.15, 0.2) is 11.6 Å². The van der Waals surface area contributed by atoms with E-state index >= 15 is 0 Å². The third-order valence-corrected chi connectivity index (χ3v) is 2.32. The van der Waals surface area contributed by atoms with Gasteiger partial charge in [0.1, 0.15) is 13.2 Å². The number of thiol groups is 1. The van der Waals surface area contributed by atoms with E-state index in [0.29, 0.717) is 5.75 Å². The van der Waals surface area contributed by atoms with Gasteiger partial charge >= 0.3 is 11.9 Å². The van der Waals surface area contributed by atoms with Crippen LogP contribution in [0.2, 0.25) is 0 Å². The maximum atomic E-state index is 13.4. The van der Waals surface area contributed by atoms with Crippen LogP contribution >= 0.6 is 12.6 Å². The highest BCUT2D eigenvalue weighted by Crippen LogP contribution is 2.18. The molecule has 1 aromatic rings. The number of hydrogen-bond acceptors (Lipinski definition) is 5. The summed E-state index contributed by atoms with van der Waals surface area (Å²) in [4.78, 5) is 21.6. The highest BCUT2D eigenvalue weighted by Gasteiger charge is 2.09. The number of aromatic carboxylic acids is 1. The molecule has 1 N–H and O–H groups in total. The van der Waals surface area contributed by atoms with E-state index in [0.717, 1.165) is 6.07 Å². The smallest absolute Gasteiger partial charge is 0.335 e. The van der Waals surface area contributed by atoms with Crippen molar-refractivity contribution >= 4 is 24.6 Å². The van der Waals surface area contributed by atoms with Crippen molar-refractivity contribution in [1.29, 1.82) is 0 Å². The van der Waals surface area contributed by atoms with Crippen molar-refractivity contribution in [3.05, 3.63) is 29.6 Å². The van der Waals surface area contributed by atoms with Crippen LogP contribution in [0.5, 0.6) is 5.75 Å². The molecule has 0 amide bonds. The minimum absolute atomic E-state index is 0.00721. The van der Waals surface area contributed by atoms with Crippen LogP contribution in [0.15, 0.2) is 18.2 Å². The number of esters is 1. The summed E-state index contributed by atoms with van der Waals surface area (Å²) in [6.45, 7) is -0.0195. The molecule has 0 aromatic heterocycles. The zero-order valence-electron chi connectivity index (χ0n) is 9.97. The molecule has 0 radical (unpaired) electrons. The third-order valence-electron chi connectivity index (χ3n) is 2.10. The molecule has 0 fully saturated rings. The first-order valence-electron chi connectivity index (χ1n) is 5.46. The Morgan fingerprint density at radius 2 is 2.05 bits per heavy atom. The van der Waals surface area contributed by atoms with Crippen LogP contribution in [-0.2, 0) is 9.53 Å². The topological polar surface area (TPSA) is 72.8 Å². The quantitative estimate of drug-likeness (QED) is 0.454. The molecule has 104 valence electrons. The van der Waals surface area contributed by atoms with Gasteiger partial charge in [0.2, 0.25) is 0 Å². The van der Waals surface area contributed by atoms with Crippen LogP contribution in [0.4, 0.5) is 4.39 Å². The van der Waals surface area contributed by atoms with Gasteiger partial charge < -0.3 is 14.6 Å². The Labute approximate surface area is 114 Å². The molecule has 1 rings (SSSR count). The maximum absolute atomic E-state index is 13.4. The second-order valence-electron chi connectivity index (χ2n) is 3.49. The van der Waals surface area contributed by atoms with Crippen LogP contribution in [0.3, 0.4) is 0 Å².